The first-order chi connectivity index (χ1) is 15.5. The van der Waals surface area contributed by atoms with Crippen LogP contribution >= 0.6 is 11.8 Å². The number of hydrogen-bond acceptors (Lipinski definition) is 5. The van der Waals surface area contributed by atoms with Gasteiger partial charge in [0.05, 0.1) is 18.3 Å². The molecule has 1 unspecified atom stereocenters. The van der Waals surface area contributed by atoms with E-state index < -0.39 is 0 Å². The summed E-state index contributed by atoms with van der Waals surface area (Å²) in [4.78, 5) is 17.0. The maximum Gasteiger partial charge on any atom is 0.233 e. The van der Waals surface area contributed by atoms with Crippen molar-refractivity contribution in [3.05, 3.63) is 71.8 Å². The van der Waals surface area contributed by atoms with Gasteiger partial charge >= 0.3 is 0 Å². The Balaban J connectivity index is 1.48. The second-order valence-corrected chi connectivity index (χ2v) is 9.02. The van der Waals surface area contributed by atoms with Crippen LogP contribution in [-0.4, -0.2) is 56.4 Å². The number of halogens is 1. The van der Waals surface area contributed by atoms with Gasteiger partial charge in [-0.15, -0.1) is 10.2 Å². The number of carbonyl (C=O) groups excluding carboxylic acids is 1. The molecule has 1 fully saturated rings. The largest absolute Gasteiger partial charge is 0.338 e. The third-order valence-electron chi connectivity index (χ3n) is 5.93. The number of likely N-dealkylation sites (tertiary alicyclic amines) is 1. The second kappa shape index (κ2) is 10.3. The summed E-state index contributed by atoms with van der Waals surface area (Å²) in [5.74, 6) is 0.837. The monoisotopic (exact) mass is 453 g/mol. The minimum Gasteiger partial charge on any atom is -0.338 e. The zero-order valence-electron chi connectivity index (χ0n) is 18.4. The summed E-state index contributed by atoms with van der Waals surface area (Å²) in [6.07, 6.45) is 2.43. The van der Waals surface area contributed by atoms with Crippen LogP contribution in [0.2, 0.25) is 0 Å². The Morgan fingerprint density at radius 1 is 1.09 bits per heavy atom. The third kappa shape index (κ3) is 5.19. The zero-order chi connectivity index (χ0) is 22.5. The van der Waals surface area contributed by atoms with Gasteiger partial charge < -0.3 is 4.90 Å². The fourth-order valence-electron chi connectivity index (χ4n) is 3.88. The summed E-state index contributed by atoms with van der Waals surface area (Å²) in [7, 11) is 1.78. The van der Waals surface area contributed by atoms with Crippen LogP contribution in [0.5, 0.6) is 0 Å². The summed E-state index contributed by atoms with van der Waals surface area (Å²) >= 11 is 1.39. The summed E-state index contributed by atoms with van der Waals surface area (Å²) < 4.78 is 15.3. The number of nitrogens with zero attached hydrogens (tertiary/aromatic N) is 5. The predicted molar refractivity (Wildman–Crippen MR) is 124 cm³/mol. The number of carbonyl (C=O) groups is 1. The molecular weight excluding hydrogens is 425 g/mol. The molecule has 2 heterocycles. The van der Waals surface area contributed by atoms with Crippen LogP contribution in [0, 0.1) is 5.82 Å². The molecule has 0 saturated carbocycles. The molecule has 8 heteroatoms. The van der Waals surface area contributed by atoms with Crippen molar-refractivity contribution >= 4 is 17.7 Å². The lowest BCUT2D eigenvalue weighted by molar-refractivity contribution is -0.128. The van der Waals surface area contributed by atoms with Crippen LogP contribution in [0.15, 0.2) is 59.8 Å². The van der Waals surface area contributed by atoms with Gasteiger partial charge in [-0.25, -0.2) is 4.39 Å². The van der Waals surface area contributed by atoms with E-state index in [0.717, 1.165) is 36.7 Å². The van der Waals surface area contributed by atoms with Gasteiger partial charge in [0.25, 0.3) is 0 Å². The van der Waals surface area contributed by atoms with Crippen molar-refractivity contribution < 1.29 is 9.18 Å². The van der Waals surface area contributed by atoms with E-state index in [1.165, 1.54) is 36.7 Å². The van der Waals surface area contributed by atoms with E-state index >= 15 is 0 Å². The minimum absolute atomic E-state index is 0.0180. The number of amides is 1. The Hall–Kier alpha value is -2.71. The van der Waals surface area contributed by atoms with Gasteiger partial charge in [-0.05, 0) is 62.7 Å². The molecule has 1 aromatic heterocycles. The Labute approximate surface area is 192 Å². The van der Waals surface area contributed by atoms with Gasteiger partial charge in [-0.3, -0.25) is 14.3 Å². The van der Waals surface area contributed by atoms with Gasteiger partial charge in [0.1, 0.15) is 5.82 Å². The van der Waals surface area contributed by atoms with Crippen LogP contribution in [-0.2, 0) is 11.3 Å². The van der Waals surface area contributed by atoms with Crippen molar-refractivity contribution in [3.63, 3.8) is 0 Å². The molecule has 0 radical (unpaired) electrons. The highest BCUT2D eigenvalue weighted by atomic mass is 32.2. The lowest BCUT2D eigenvalue weighted by Crippen LogP contribution is -2.31. The molecule has 168 valence electrons. The number of benzene rings is 2. The maximum atomic E-state index is 13.2. The quantitative estimate of drug-likeness (QED) is 0.476. The number of hydrogen-bond donors (Lipinski definition) is 0. The van der Waals surface area contributed by atoms with E-state index in [1.807, 2.05) is 37.3 Å². The van der Waals surface area contributed by atoms with Gasteiger partial charge in [0.15, 0.2) is 11.0 Å². The molecule has 2 aromatic carbocycles. The standard InChI is InChI=1S/C24H28FN5OS/c1-18(19-10-12-20(25)13-11-19)28(2)23(31)17-32-24-27-26-22(16-29-14-6-7-15-29)30(24)21-8-4-3-5-9-21/h3-5,8-13,18H,6-7,14-17H2,1-2H3. The highest BCUT2D eigenvalue weighted by Gasteiger charge is 2.22. The fraction of sp³-hybridized carbons (Fsp3) is 0.375. The first kappa shape index (κ1) is 22.5. The molecule has 32 heavy (non-hydrogen) atoms. The van der Waals surface area contributed by atoms with Crippen LogP contribution < -0.4 is 0 Å². The molecule has 1 amide bonds. The van der Waals surface area contributed by atoms with Crippen LogP contribution in [0.3, 0.4) is 0 Å². The van der Waals surface area contributed by atoms with Crippen molar-refractivity contribution in [1.29, 1.82) is 0 Å². The minimum atomic E-state index is -0.282. The average molecular weight is 454 g/mol. The molecule has 0 N–H and O–H groups in total. The number of thioether (sulfide) groups is 1. The lowest BCUT2D eigenvalue weighted by Gasteiger charge is -2.25. The number of para-hydroxylation sites is 1. The average Bonchev–Trinajstić information content (AvgIpc) is 3.48. The molecule has 4 rings (SSSR count). The fourth-order valence-corrected chi connectivity index (χ4v) is 4.78. The molecule has 3 aromatic rings. The molecule has 1 aliphatic heterocycles. The Kier molecular flexibility index (Phi) is 7.22. The second-order valence-electron chi connectivity index (χ2n) is 8.07. The van der Waals surface area contributed by atoms with Crippen LogP contribution in [0.4, 0.5) is 4.39 Å². The lowest BCUT2D eigenvalue weighted by atomic mass is 10.1. The molecule has 0 bridgehead atoms. The smallest absolute Gasteiger partial charge is 0.233 e. The summed E-state index contributed by atoms with van der Waals surface area (Å²) in [5.41, 5.74) is 1.89. The summed E-state index contributed by atoms with van der Waals surface area (Å²) in [6, 6.07) is 16.2. The highest BCUT2D eigenvalue weighted by Crippen LogP contribution is 2.25. The van der Waals surface area contributed by atoms with Crippen molar-refractivity contribution in [1.82, 2.24) is 24.6 Å². The van der Waals surface area contributed by atoms with E-state index in [1.54, 1.807) is 24.1 Å². The zero-order valence-corrected chi connectivity index (χ0v) is 19.3. The van der Waals surface area contributed by atoms with E-state index in [9.17, 15) is 9.18 Å². The highest BCUT2D eigenvalue weighted by molar-refractivity contribution is 7.99. The van der Waals surface area contributed by atoms with Crippen LogP contribution in [0.1, 0.15) is 37.2 Å². The maximum absolute atomic E-state index is 13.2. The molecular formula is C24H28FN5OS. The molecule has 0 spiro atoms. The molecule has 6 nitrogen and oxygen atoms in total. The Morgan fingerprint density at radius 3 is 2.47 bits per heavy atom. The Morgan fingerprint density at radius 2 is 1.78 bits per heavy atom. The van der Waals surface area contributed by atoms with Gasteiger partial charge in [-0.2, -0.15) is 0 Å². The first-order valence-electron chi connectivity index (χ1n) is 10.9. The van der Waals surface area contributed by atoms with Crippen LogP contribution in [0.25, 0.3) is 5.69 Å². The molecule has 1 aliphatic rings. The SMILES string of the molecule is CC(c1ccc(F)cc1)N(C)C(=O)CSc1nnc(CN2CCCC2)n1-c1ccccc1. The first-order valence-corrected chi connectivity index (χ1v) is 11.9. The summed E-state index contributed by atoms with van der Waals surface area (Å²) in [5, 5.41) is 9.59. The normalized spacial score (nSPS) is 15.1. The van der Waals surface area contributed by atoms with E-state index in [0.29, 0.717) is 5.16 Å². The Bertz CT molecular complexity index is 1030. The third-order valence-corrected chi connectivity index (χ3v) is 6.84. The molecule has 1 atom stereocenters. The van der Waals surface area contributed by atoms with Crippen molar-refractivity contribution in [2.24, 2.45) is 0 Å². The number of rotatable bonds is 8. The van der Waals surface area contributed by atoms with Crippen molar-refractivity contribution in [2.75, 3.05) is 25.9 Å². The summed E-state index contributed by atoms with van der Waals surface area (Å²) in [6.45, 7) is 4.84. The molecule has 0 aliphatic carbocycles. The van der Waals surface area contributed by atoms with Gasteiger partial charge in [0, 0.05) is 12.7 Å². The van der Waals surface area contributed by atoms with E-state index in [4.69, 9.17) is 0 Å². The van der Waals surface area contributed by atoms with Crippen molar-refractivity contribution in [3.8, 4) is 5.69 Å². The topological polar surface area (TPSA) is 54.3 Å². The predicted octanol–water partition coefficient (Wildman–Crippen LogP) is 4.31. The van der Waals surface area contributed by atoms with Crippen molar-refractivity contribution in [2.45, 2.75) is 37.5 Å². The number of aromatic nitrogens is 3. The van der Waals surface area contributed by atoms with Gasteiger partial charge in [0.2, 0.25) is 5.91 Å². The van der Waals surface area contributed by atoms with Gasteiger partial charge in [-0.1, -0.05) is 42.1 Å². The molecule has 1 saturated heterocycles. The van der Waals surface area contributed by atoms with E-state index in [-0.39, 0.29) is 23.5 Å². The van der Waals surface area contributed by atoms with E-state index in [2.05, 4.69) is 19.7 Å².